The van der Waals surface area contributed by atoms with Crippen molar-refractivity contribution in [3.8, 4) is 5.75 Å². The normalized spacial score (nSPS) is 14.8. The second kappa shape index (κ2) is 11.7. The number of hydrogen-bond donors (Lipinski definition) is 1. The van der Waals surface area contributed by atoms with Crippen LogP contribution in [0.15, 0.2) is 46.8 Å². The first-order valence-electron chi connectivity index (χ1n) is 9.96. The molecule has 1 N–H and O–H groups in total. The van der Waals surface area contributed by atoms with E-state index in [0.717, 1.165) is 6.07 Å². The number of rotatable bonds is 10. The highest BCUT2D eigenvalue weighted by atomic mass is 19.4. The first-order chi connectivity index (χ1) is 15.6. The minimum Gasteiger partial charge on any atom is -0.460 e. The number of benzene rings is 1. The predicted molar refractivity (Wildman–Crippen MR) is 110 cm³/mol. The summed E-state index contributed by atoms with van der Waals surface area (Å²) in [5.41, 5.74) is 0.486. The number of esters is 2. The molecular weight excluding hydrogens is 447 g/mol. The van der Waals surface area contributed by atoms with Gasteiger partial charge in [-0.25, -0.2) is 9.59 Å². The van der Waals surface area contributed by atoms with Gasteiger partial charge >= 0.3 is 18.3 Å². The van der Waals surface area contributed by atoms with Crippen molar-refractivity contribution in [2.45, 2.75) is 26.1 Å². The maximum Gasteiger partial charge on any atom is 0.573 e. The summed E-state index contributed by atoms with van der Waals surface area (Å²) in [7, 11) is 2.85. The van der Waals surface area contributed by atoms with Gasteiger partial charge in [0.15, 0.2) is 0 Å². The second-order valence-electron chi connectivity index (χ2n) is 6.98. The van der Waals surface area contributed by atoms with E-state index in [9.17, 15) is 22.8 Å². The molecule has 0 unspecified atom stereocenters. The Morgan fingerprint density at radius 2 is 1.36 bits per heavy atom. The molecule has 0 bridgehead atoms. The molecule has 33 heavy (non-hydrogen) atoms. The van der Waals surface area contributed by atoms with Gasteiger partial charge in [0, 0.05) is 31.2 Å². The third-order valence-electron chi connectivity index (χ3n) is 4.70. The second-order valence-corrected chi connectivity index (χ2v) is 6.98. The van der Waals surface area contributed by atoms with Crippen LogP contribution in [0.1, 0.15) is 25.3 Å². The Labute approximate surface area is 189 Å². The quantitative estimate of drug-likeness (QED) is 0.409. The molecule has 0 fully saturated rings. The van der Waals surface area contributed by atoms with E-state index in [1.165, 1.54) is 32.4 Å². The van der Waals surface area contributed by atoms with Crippen molar-refractivity contribution in [2.75, 3.05) is 40.6 Å². The van der Waals surface area contributed by atoms with E-state index in [1.54, 1.807) is 13.8 Å². The first-order valence-corrected chi connectivity index (χ1v) is 9.96. The van der Waals surface area contributed by atoms with Crippen LogP contribution in [-0.4, -0.2) is 58.9 Å². The Bertz CT molecular complexity index is 881. The van der Waals surface area contributed by atoms with E-state index in [4.69, 9.17) is 18.9 Å². The number of methoxy groups -OCH3 is 2. The fourth-order valence-corrected chi connectivity index (χ4v) is 3.37. The van der Waals surface area contributed by atoms with Crippen molar-refractivity contribution < 1.29 is 46.4 Å². The van der Waals surface area contributed by atoms with Crippen LogP contribution in [0, 0.1) is 0 Å². The molecule has 0 atom stereocenters. The summed E-state index contributed by atoms with van der Waals surface area (Å²) in [5.74, 6) is -3.44. The molecule has 1 aromatic rings. The van der Waals surface area contributed by atoms with Crippen LogP contribution in [0.25, 0.3) is 0 Å². The largest absolute Gasteiger partial charge is 0.573 e. The van der Waals surface area contributed by atoms with Crippen LogP contribution in [0.2, 0.25) is 0 Å². The average molecular weight is 473 g/mol. The van der Waals surface area contributed by atoms with Crippen LogP contribution in [-0.2, 0) is 28.5 Å². The number of dihydropyridines is 1. The minimum atomic E-state index is -4.99. The zero-order valence-electron chi connectivity index (χ0n) is 18.7. The molecule has 1 aromatic carbocycles. The number of ether oxygens (including phenoxy) is 5. The number of nitrogens with one attached hydrogen (secondary N) is 1. The highest BCUT2D eigenvalue weighted by Crippen LogP contribution is 2.43. The lowest BCUT2D eigenvalue weighted by molar-refractivity contribution is -0.274. The molecule has 0 saturated heterocycles. The Hall–Kier alpha value is -3.05. The lowest BCUT2D eigenvalue weighted by Crippen LogP contribution is -2.33. The maximum absolute atomic E-state index is 13.1. The van der Waals surface area contributed by atoms with Crippen molar-refractivity contribution >= 4 is 11.9 Å². The highest BCUT2D eigenvalue weighted by molar-refractivity contribution is 6.00. The van der Waals surface area contributed by atoms with Gasteiger partial charge in [0.1, 0.15) is 19.0 Å². The standard InChI is InChI=1S/C22H26F3NO7/c1-13-17(20(27)31-11-9-29-3)19(15-7-5-6-8-16(15)33-22(23,24)25)18(14(2)26-13)21(28)32-12-10-30-4/h5-8,19,26H,9-12H2,1-4H3. The summed E-state index contributed by atoms with van der Waals surface area (Å²) < 4.78 is 63.7. The number of carbonyl (C=O) groups is 2. The van der Waals surface area contributed by atoms with E-state index in [1.807, 2.05) is 0 Å². The number of alkyl halides is 3. The number of allylic oxidation sites excluding steroid dienone is 2. The van der Waals surface area contributed by atoms with Gasteiger partial charge in [-0.3, -0.25) is 0 Å². The van der Waals surface area contributed by atoms with Gasteiger partial charge in [-0.05, 0) is 19.9 Å². The number of carbonyl (C=O) groups excluding carboxylic acids is 2. The molecule has 0 amide bonds. The third kappa shape index (κ3) is 6.96. The van der Waals surface area contributed by atoms with Crippen LogP contribution >= 0.6 is 0 Å². The Morgan fingerprint density at radius 3 is 1.82 bits per heavy atom. The Morgan fingerprint density at radius 1 is 0.879 bits per heavy atom. The number of para-hydroxylation sites is 1. The monoisotopic (exact) mass is 473 g/mol. The molecule has 2 rings (SSSR count). The zero-order chi connectivity index (χ0) is 24.6. The van der Waals surface area contributed by atoms with Crippen molar-refractivity contribution in [3.63, 3.8) is 0 Å². The molecule has 0 saturated carbocycles. The van der Waals surface area contributed by atoms with E-state index < -0.39 is 30.0 Å². The summed E-state index contributed by atoms with van der Waals surface area (Å²) in [6, 6.07) is 5.29. The molecule has 0 aromatic heterocycles. The van der Waals surface area contributed by atoms with Gasteiger partial charge in [0.2, 0.25) is 0 Å². The fraction of sp³-hybridized carbons (Fsp3) is 0.455. The van der Waals surface area contributed by atoms with E-state index >= 15 is 0 Å². The highest BCUT2D eigenvalue weighted by Gasteiger charge is 2.41. The third-order valence-corrected chi connectivity index (χ3v) is 4.70. The fourth-order valence-electron chi connectivity index (χ4n) is 3.37. The van der Waals surface area contributed by atoms with Gasteiger partial charge in [0.05, 0.1) is 30.3 Å². The minimum absolute atomic E-state index is 0.0476. The summed E-state index contributed by atoms with van der Waals surface area (Å²) in [6.45, 7) is 3.18. The summed E-state index contributed by atoms with van der Waals surface area (Å²) in [4.78, 5) is 25.9. The van der Waals surface area contributed by atoms with Crippen molar-refractivity contribution in [1.29, 1.82) is 0 Å². The molecular formula is C22H26F3NO7. The van der Waals surface area contributed by atoms with Crippen LogP contribution in [0.5, 0.6) is 5.75 Å². The number of hydrogen-bond acceptors (Lipinski definition) is 8. The summed E-state index contributed by atoms with van der Waals surface area (Å²) >= 11 is 0. The van der Waals surface area contributed by atoms with Gasteiger partial charge in [-0.2, -0.15) is 0 Å². The molecule has 0 spiro atoms. The molecule has 0 aliphatic carbocycles. The van der Waals surface area contributed by atoms with Gasteiger partial charge in [0.25, 0.3) is 0 Å². The topological polar surface area (TPSA) is 92.3 Å². The summed E-state index contributed by atoms with van der Waals surface area (Å²) in [6.07, 6.45) is -4.99. The molecule has 1 heterocycles. The zero-order valence-corrected chi connectivity index (χ0v) is 18.7. The smallest absolute Gasteiger partial charge is 0.460 e. The van der Waals surface area contributed by atoms with Crippen molar-refractivity contribution in [2.24, 2.45) is 0 Å². The van der Waals surface area contributed by atoms with E-state index in [2.05, 4.69) is 10.1 Å². The molecule has 0 radical (unpaired) electrons. The molecule has 11 heteroatoms. The molecule has 8 nitrogen and oxygen atoms in total. The Balaban J connectivity index is 2.60. The van der Waals surface area contributed by atoms with E-state index in [-0.39, 0.29) is 43.1 Å². The molecule has 1 aliphatic rings. The van der Waals surface area contributed by atoms with Crippen molar-refractivity contribution in [3.05, 3.63) is 52.4 Å². The molecule has 182 valence electrons. The van der Waals surface area contributed by atoms with Crippen LogP contribution < -0.4 is 10.1 Å². The van der Waals surface area contributed by atoms with E-state index in [0.29, 0.717) is 11.4 Å². The average Bonchev–Trinajstić information content (AvgIpc) is 2.72. The van der Waals surface area contributed by atoms with Gasteiger partial charge in [-0.1, -0.05) is 18.2 Å². The van der Waals surface area contributed by atoms with Crippen LogP contribution in [0.3, 0.4) is 0 Å². The molecule has 1 aliphatic heterocycles. The lowest BCUT2D eigenvalue weighted by atomic mass is 9.80. The van der Waals surface area contributed by atoms with Crippen molar-refractivity contribution in [1.82, 2.24) is 5.32 Å². The SMILES string of the molecule is COCCOC(=O)C1=C(C)NC(C)=C(C(=O)OCCOC)C1c1ccccc1OC(F)(F)F. The first kappa shape index (κ1) is 26.2. The lowest BCUT2D eigenvalue weighted by Gasteiger charge is -2.31. The van der Waals surface area contributed by atoms with Crippen LogP contribution in [0.4, 0.5) is 13.2 Å². The van der Waals surface area contributed by atoms with Gasteiger partial charge < -0.3 is 29.0 Å². The maximum atomic E-state index is 13.1. The number of halogens is 3. The Kier molecular flexibility index (Phi) is 9.30. The predicted octanol–water partition coefficient (Wildman–Crippen LogP) is 3.20. The summed E-state index contributed by atoms with van der Waals surface area (Å²) in [5, 5.41) is 2.92. The van der Waals surface area contributed by atoms with Gasteiger partial charge in [-0.15, -0.1) is 13.2 Å².